The number of carbonyl (C=O) groups is 1. The molecular formula is C25H23N3O2S. The molecule has 2 aromatic carbocycles. The molecule has 1 saturated heterocycles. The molecule has 0 spiro atoms. The lowest BCUT2D eigenvalue weighted by atomic mass is 9.96. The van der Waals surface area contributed by atoms with Gasteiger partial charge in [-0.15, -0.1) is 11.3 Å². The Labute approximate surface area is 185 Å². The van der Waals surface area contributed by atoms with Gasteiger partial charge in [-0.25, -0.2) is 4.98 Å². The maximum atomic E-state index is 13.2. The number of oxazole rings is 1. The van der Waals surface area contributed by atoms with Gasteiger partial charge in [-0.05, 0) is 22.6 Å². The van der Waals surface area contributed by atoms with E-state index in [0.29, 0.717) is 24.5 Å². The minimum atomic E-state index is -0.0622. The van der Waals surface area contributed by atoms with Crippen LogP contribution in [-0.2, 0) is 0 Å². The van der Waals surface area contributed by atoms with Crippen LogP contribution >= 0.6 is 11.3 Å². The molecule has 0 bridgehead atoms. The summed E-state index contributed by atoms with van der Waals surface area (Å²) in [5, 5.41) is 1.97. The lowest BCUT2D eigenvalue weighted by molar-refractivity contribution is 0.0593. The summed E-state index contributed by atoms with van der Waals surface area (Å²) in [6.45, 7) is 2.91. The third-order valence-electron chi connectivity index (χ3n) is 5.71. The fourth-order valence-corrected chi connectivity index (χ4v) is 4.91. The third-order valence-corrected chi connectivity index (χ3v) is 6.58. The zero-order valence-corrected chi connectivity index (χ0v) is 17.9. The van der Waals surface area contributed by atoms with E-state index in [9.17, 15) is 4.79 Å². The van der Waals surface area contributed by atoms with Crippen LogP contribution in [-0.4, -0.2) is 46.9 Å². The molecule has 156 valence electrons. The quantitative estimate of drug-likeness (QED) is 0.450. The maximum Gasteiger partial charge on any atom is 0.276 e. The molecule has 0 unspecified atom stereocenters. The largest absolute Gasteiger partial charge is 0.442 e. The number of thiophene rings is 1. The Morgan fingerprint density at radius 1 is 0.871 bits per heavy atom. The first-order chi connectivity index (χ1) is 15.3. The second-order valence-electron chi connectivity index (χ2n) is 7.56. The zero-order valence-electron chi connectivity index (χ0n) is 17.1. The minimum absolute atomic E-state index is 0.0622. The highest BCUT2D eigenvalue weighted by molar-refractivity contribution is 7.13. The summed E-state index contributed by atoms with van der Waals surface area (Å²) in [7, 11) is 0. The van der Waals surface area contributed by atoms with Gasteiger partial charge in [-0.3, -0.25) is 9.69 Å². The van der Waals surface area contributed by atoms with Crippen molar-refractivity contribution in [2.24, 2.45) is 0 Å². The summed E-state index contributed by atoms with van der Waals surface area (Å²) in [4.78, 5) is 22.7. The highest BCUT2D eigenvalue weighted by Gasteiger charge is 2.30. The lowest BCUT2D eigenvalue weighted by Gasteiger charge is -2.39. The van der Waals surface area contributed by atoms with E-state index in [-0.39, 0.29) is 11.9 Å². The molecule has 5 nitrogen and oxygen atoms in total. The lowest BCUT2D eigenvalue weighted by Crippen LogP contribution is -2.50. The molecule has 1 amide bonds. The molecule has 5 rings (SSSR count). The summed E-state index contributed by atoms with van der Waals surface area (Å²) < 4.78 is 5.54. The van der Waals surface area contributed by atoms with Crippen LogP contribution in [0.2, 0.25) is 0 Å². The van der Waals surface area contributed by atoms with Gasteiger partial charge in [0.15, 0.2) is 17.8 Å². The Hall–Kier alpha value is -3.22. The summed E-state index contributed by atoms with van der Waals surface area (Å²) in [6, 6.07) is 25.2. The van der Waals surface area contributed by atoms with Gasteiger partial charge < -0.3 is 9.32 Å². The SMILES string of the molecule is O=C(c1ncoc1-c1cccs1)N1CCN(C(c2ccccc2)c2ccccc2)CC1. The Morgan fingerprint density at radius 2 is 1.52 bits per heavy atom. The summed E-state index contributed by atoms with van der Waals surface area (Å²) in [5.41, 5.74) is 2.94. The number of piperazine rings is 1. The maximum absolute atomic E-state index is 13.2. The van der Waals surface area contributed by atoms with Crippen LogP contribution in [0.4, 0.5) is 0 Å². The molecule has 1 aliphatic rings. The fourth-order valence-electron chi connectivity index (χ4n) is 4.20. The minimum Gasteiger partial charge on any atom is -0.442 e. The number of hydrogen-bond acceptors (Lipinski definition) is 5. The van der Waals surface area contributed by atoms with Gasteiger partial charge in [-0.1, -0.05) is 66.7 Å². The first-order valence-corrected chi connectivity index (χ1v) is 11.3. The van der Waals surface area contributed by atoms with Crippen molar-refractivity contribution in [3.63, 3.8) is 0 Å². The monoisotopic (exact) mass is 429 g/mol. The van der Waals surface area contributed by atoms with Crippen LogP contribution in [0.3, 0.4) is 0 Å². The van der Waals surface area contributed by atoms with E-state index in [1.54, 1.807) is 11.3 Å². The first kappa shape index (κ1) is 19.7. The molecule has 0 N–H and O–H groups in total. The predicted molar refractivity (Wildman–Crippen MR) is 122 cm³/mol. The average Bonchev–Trinajstić information content (AvgIpc) is 3.53. The molecule has 1 aliphatic heterocycles. The van der Waals surface area contributed by atoms with Crippen molar-refractivity contribution in [2.45, 2.75) is 6.04 Å². The van der Waals surface area contributed by atoms with Crippen molar-refractivity contribution in [3.8, 4) is 10.6 Å². The normalized spacial score (nSPS) is 14.8. The predicted octanol–water partition coefficient (Wildman–Crippen LogP) is 4.95. The van der Waals surface area contributed by atoms with E-state index in [4.69, 9.17) is 4.42 Å². The van der Waals surface area contributed by atoms with Gasteiger partial charge in [0, 0.05) is 26.2 Å². The summed E-state index contributed by atoms with van der Waals surface area (Å²) in [6.07, 6.45) is 1.36. The molecular weight excluding hydrogens is 406 g/mol. The van der Waals surface area contributed by atoms with Crippen molar-refractivity contribution in [2.75, 3.05) is 26.2 Å². The number of aromatic nitrogens is 1. The van der Waals surface area contributed by atoms with Crippen molar-refractivity contribution < 1.29 is 9.21 Å². The smallest absolute Gasteiger partial charge is 0.276 e. The molecule has 4 aromatic rings. The van der Waals surface area contributed by atoms with E-state index >= 15 is 0 Å². The summed E-state index contributed by atoms with van der Waals surface area (Å²) in [5.74, 6) is 0.502. The van der Waals surface area contributed by atoms with Crippen LogP contribution in [0.15, 0.2) is 89.0 Å². The number of rotatable bonds is 5. The first-order valence-electron chi connectivity index (χ1n) is 10.4. The molecule has 2 aromatic heterocycles. The molecule has 0 atom stereocenters. The second-order valence-corrected chi connectivity index (χ2v) is 8.51. The molecule has 0 aliphatic carbocycles. The van der Waals surface area contributed by atoms with Crippen LogP contribution in [0.25, 0.3) is 10.6 Å². The summed E-state index contributed by atoms with van der Waals surface area (Å²) >= 11 is 1.55. The van der Waals surface area contributed by atoms with Crippen LogP contribution < -0.4 is 0 Å². The van der Waals surface area contributed by atoms with Crippen LogP contribution in [0.1, 0.15) is 27.7 Å². The topological polar surface area (TPSA) is 49.6 Å². The number of carbonyl (C=O) groups excluding carboxylic acids is 1. The Balaban J connectivity index is 1.34. The highest BCUT2D eigenvalue weighted by Crippen LogP contribution is 2.31. The van der Waals surface area contributed by atoms with Crippen molar-refractivity contribution >= 4 is 17.2 Å². The number of benzene rings is 2. The zero-order chi connectivity index (χ0) is 21.0. The van der Waals surface area contributed by atoms with Crippen LogP contribution in [0.5, 0.6) is 0 Å². The molecule has 0 saturated carbocycles. The van der Waals surface area contributed by atoms with Crippen molar-refractivity contribution in [1.82, 2.24) is 14.8 Å². The second kappa shape index (κ2) is 8.88. The van der Waals surface area contributed by atoms with E-state index in [0.717, 1.165) is 18.0 Å². The molecule has 6 heteroatoms. The number of hydrogen-bond donors (Lipinski definition) is 0. The highest BCUT2D eigenvalue weighted by atomic mass is 32.1. The average molecular weight is 430 g/mol. The van der Waals surface area contributed by atoms with Gasteiger partial charge >= 0.3 is 0 Å². The standard InChI is InChI=1S/C25H23N3O2S/c29-25(22-24(30-18-26-22)21-12-7-17-31-21)28-15-13-27(14-16-28)23(19-8-3-1-4-9-19)20-10-5-2-6-11-20/h1-12,17-18,23H,13-16H2. The molecule has 3 heterocycles. The van der Waals surface area contributed by atoms with Gasteiger partial charge in [0.1, 0.15) is 0 Å². The van der Waals surface area contributed by atoms with E-state index in [2.05, 4.69) is 58.4 Å². The Morgan fingerprint density at radius 3 is 2.10 bits per heavy atom. The van der Waals surface area contributed by atoms with Crippen molar-refractivity contribution in [1.29, 1.82) is 0 Å². The van der Waals surface area contributed by atoms with Gasteiger partial charge in [-0.2, -0.15) is 0 Å². The molecule has 31 heavy (non-hydrogen) atoms. The van der Waals surface area contributed by atoms with E-state index < -0.39 is 0 Å². The third kappa shape index (κ3) is 4.04. The van der Waals surface area contributed by atoms with E-state index in [1.165, 1.54) is 17.5 Å². The molecule has 1 fully saturated rings. The van der Waals surface area contributed by atoms with Gasteiger partial charge in [0.25, 0.3) is 5.91 Å². The number of nitrogens with zero attached hydrogens (tertiary/aromatic N) is 3. The van der Waals surface area contributed by atoms with Crippen molar-refractivity contribution in [3.05, 3.63) is 101 Å². The Bertz CT molecular complexity index is 1080. The van der Waals surface area contributed by atoms with Gasteiger partial charge in [0.05, 0.1) is 10.9 Å². The number of amides is 1. The Kier molecular flexibility index (Phi) is 5.65. The van der Waals surface area contributed by atoms with Gasteiger partial charge in [0.2, 0.25) is 0 Å². The van der Waals surface area contributed by atoms with Crippen LogP contribution in [0, 0.1) is 0 Å². The van der Waals surface area contributed by atoms with E-state index in [1.807, 2.05) is 34.5 Å². The molecule has 0 radical (unpaired) electrons. The fraction of sp³-hybridized carbons (Fsp3) is 0.200.